The Morgan fingerprint density at radius 3 is 2.70 bits per heavy atom. The molecule has 0 radical (unpaired) electrons. The molecular weight excluding hydrogens is 362 g/mol. The number of thioether (sulfide) groups is 1. The van der Waals surface area contributed by atoms with Crippen molar-refractivity contribution in [3.63, 3.8) is 0 Å². The molecule has 1 aromatic heterocycles. The third kappa shape index (κ3) is 5.07. The first kappa shape index (κ1) is 18.9. The summed E-state index contributed by atoms with van der Waals surface area (Å²) in [5.74, 6) is 0.670. The van der Waals surface area contributed by atoms with Gasteiger partial charge in [0.2, 0.25) is 11.1 Å². The minimum absolute atomic E-state index is 0.113. The Labute approximate surface area is 162 Å². The van der Waals surface area contributed by atoms with E-state index in [4.69, 9.17) is 4.74 Å². The fourth-order valence-electron chi connectivity index (χ4n) is 2.68. The second-order valence-corrected chi connectivity index (χ2v) is 6.87. The third-order valence-electron chi connectivity index (χ3n) is 3.79. The number of anilines is 1. The Hall–Kier alpha value is -2.87. The molecule has 0 saturated carbocycles. The van der Waals surface area contributed by atoms with E-state index in [0.29, 0.717) is 17.5 Å². The van der Waals surface area contributed by atoms with Gasteiger partial charge in [0, 0.05) is 5.69 Å². The summed E-state index contributed by atoms with van der Waals surface area (Å²) in [7, 11) is 0. The van der Waals surface area contributed by atoms with Crippen LogP contribution in [0, 0.1) is 13.8 Å². The van der Waals surface area contributed by atoms with E-state index in [-0.39, 0.29) is 12.3 Å². The summed E-state index contributed by atoms with van der Waals surface area (Å²) in [6, 6.07) is 13.4. The maximum absolute atomic E-state index is 12.2. The van der Waals surface area contributed by atoms with Crippen molar-refractivity contribution in [1.29, 1.82) is 0 Å². The van der Waals surface area contributed by atoms with Gasteiger partial charge >= 0.3 is 0 Å². The quantitative estimate of drug-likeness (QED) is 0.630. The van der Waals surface area contributed by atoms with Gasteiger partial charge in [0.25, 0.3) is 0 Å². The molecule has 0 spiro atoms. The number of tetrazole rings is 1. The fraction of sp³-hybridized carbons (Fsp3) is 0.263. The maximum Gasteiger partial charge on any atom is 0.227 e. The highest BCUT2D eigenvalue weighted by Crippen LogP contribution is 2.19. The van der Waals surface area contributed by atoms with E-state index in [1.165, 1.54) is 11.8 Å². The molecule has 3 rings (SSSR count). The first-order valence-corrected chi connectivity index (χ1v) is 9.71. The van der Waals surface area contributed by atoms with Gasteiger partial charge in [-0.3, -0.25) is 4.79 Å². The molecule has 0 fully saturated rings. The molecule has 1 N–H and O–H groups in total. The van der Waals surface area contributed by atoms with Crippen molar-refractivity contribution in [3.05, 3.63) is 53.6 Å². The third-order valence-corrected chi connectivity index (χ3v) is 4.41. The smallest absolute Gasteiger partial charge is 0.227 e. The molecular formula is C19H21N5O2S. The van der Waals surface area contributed by atoms with Gasteiger partial charge in [-0.15, -0.1) is 5.10 Å². The number of nitrogens with zero attached hydrogens (tertiary/aromatic N) is 4. The number of carbonyl (C=O) groups is 1. The van der Waals surface area contributed by atoms with Crippen LogP contribution >= 0.6 is 11.8 Å². The second-order valence-electron chi connectivity index (χ2n) is 6.10. The molecule has 27 heavy (non-hydrogen) atoms. The van der Waals surface area contributed by atoms with E-state index >= 15 is 0 Å². The minimum Gasteiger partial charge on any atom is -0.493 e. The topological polar surface area (TPSA) is 81.9 Å². The lowest BCUT2D eigenvalue weighted by molar-refractivity contribution is -0.116. The zero-order chi connectivity index (χ0) is 19.2. The van der Waals surface area contributed by atoms with Crippen LogP contribution in [0.25, 0.3) is 5.69 Å². The van der Waals surface area contributed by atoms with Gasteiger partial charge in [-0.2, -0.15) is 4.68 Å². The zero-order valence-corrected chi connectivity index (χ0v) is 16.3. The van der Waals surface area contributed by atoms with Gasteiger partial charge in [-0.05, 0) is 72.0 Å². The standard InChI is InChI=1S/C19H21N5O2S/c1-13-9-14(2)11-17(10-13)26-8-7-18(25)20-15-5-4-6-16(12-15)24-19(27-3)21-22-23-24/h4-6,9-12H,7-8H2,1-3H3,(H,20,25). The lowest BCUT2D eigenvalue weighted by Crippen LogP contribution is -2.15. The van der Waals surface area contributed by atoms with Crippen LogP contribution < -0.4 is 10.1 Å². The lowest BCUT2D eigenvalue weighted by atomic mass is 10.1. The van der Waals surface area contributed by atoms with E-state index in [9.17, 15) is 4.79 Å². The van der Waals surface area contributed by atoms with Crippen molar-refractivity contribution < 1.29 is 9.53 Å². The molecule has 1 amide bonds. The van der Waals surface area contributed by atoms with Gasteiger partial charge in [0.05, 0.1) is 18.7 Å². The molecule has 2 aromatic carbocycles. The lowest BCUT2D eigenvalue weighted by Gasteiger charge is -2.10. The van der Waals surface area contributed by atoms with Crippen LogP contribution in [-0.2, 0) is 4.79 Å². The van der Waals surface area contributed by atoms with Crippen molar-refractivity contribution in [2.24, 2.45) is 0 Å². The van der Waals surface area contributed by atoms with Gasteiger partial charge < -0.3 is 10.1 Å². The van der Waals surface area contributed by atoms with E-state index in [2.05, 4.69) is 26.9 Å². The van der Waals surface area contributed by atoms with Crippen LogP contribution in [-0.4, -0.2) is 39.0 Å². The van der Waals surface area contributed by atoms with E-state index < -0.39 is 0 Å². The Morgan fingerprint density at radius 1 is 1.19 bits per heavy atom. The molecule has 8 heteroatoms. The fourth-order valence-corrected chi connectivity index (χ4v) is 3.12. The number of aryl methyl sites for hydroxylation is 2. The molecule has 3 aromatic rings. The number of carbonyl (C=O) groups excluding carboxylic acids is 1. The van der Waals surface area contributed by atoms with Crippen LogP contribution in [0.1, 0.15) is 17.5 Å². The number of amides is 1. The minimum atomic E-state index is -0.113. The predicted molar refractivity (Wildman–Crippen MR) is 106 cm³/mol. The summed E-state index contributed by atoms with van der Waals surface area (Å²) < 4.78 is 7.32. The van der Waals surface area contributed by atoms with Gasteiger partial charge in [-0.25, -0.2) is 0 Å². The number of benzene rings is 2. The summed E-state index contributed by atoms with van der Waals surface area (Å²) in [5.41, 5.74) is 3.75. The van der Waals surface area contributed by atoms with Gasteiger partial charge in [-0.1, -0.05) is 23.9 Å². The molecule has 0 atom stereocenters. The molecule has 1 heterocycles. The van der Waals surface area contributed by atoms with Crippen LogP contribution in [0.3, 0.4) is 0 Å². The molecule has 0 unspecified atom stereocenters. The predicted octanol–water partition coefficient (Wildman–Crippen LogP) is 3.41. The van der Waals surface area contributed by atoms with E-state index in [1.54, 1.807) is 4.68 Å². The van der Waals surface area contributed by atoms with Crippen molar-refractivity contribution in [1.82, 2.24) is 20.2 Å². The van der Waals surface area contributed by atoms with Crippen LogP contribution in [0.2, 0.25) is 0 Å². The molecule has 0 bridgehead atoms. The number of rotatable bonds is 7. The summed E-state index contributed by atoms with van der Waals surface area (Å²) in [4.78, 5) is 12.2. The monoisotopic (exact) mass is 383 g/mol. The van der Waals surface area contributed by atoms with E-state index in [1.807, 2.05) is 56.5 Å². The number of aromatic nitrogens is 4. The van der Waals surface area contributed by atoms with Crippen LogP contribution in [0.5, 0.6) is 5.75 Å². The molecule has 0 saturated heterocycles. The number of ether oxygens (including phenoxy) is 1. The highest BCUT2D eigenvalue weighted by molar-refractivity contribution is 7.98. The summed E-state index contributed by atoms with van der Waals surface area (Å²) in [6.45, 7) is 4.36. The van der Waals surface area contributed by atoms with Crippen molar-refractivity contribution in [3.8, 4) is 11.4 Å². The molecule has 0 aliphatic rings. The molecule has 140 valence electrons. The Morgan fingerprint density at radius 2 is 1.96 bits per heavy atom. The molecule has 7 nitrogen and oxygen atoms in total. The SMILES string of the molecule is CSc1nnnn1-c1cccc(NC(=O)CCOc2cc(C)cc(C)c2)c1. The highest BCUT2D eigenvalue weighted by atomic mass is 32.2. The van der Waals surface area contributed by atoms with E-state index in [0.717, 1.165) is 22.6 Å². The molecule has 0 aliphatic carbocycles. The normalized spacial score (nSPS) is 10.6. The van der Waals surface area contributed by atoms with Crippen LogP contribution in [0.15, 0.2) is 47.6 Å². The largest absolute Gasteiger partial charge is 0.493 e. The van der Waals surface area contributed by atoms with Crippen molar-refractivity contribution in [2.45, 2.75) is 25.4 Å². The first-order chi connectivity index (χ1) is 13.0. The number of hydrogen-bond donors (Lipinski definition) is 1. The second kappa shape index (κ2) is 8.68. The van der Waals surface area contributed by atoms with Gasteiger partial charge in [0.15, 0.2) is 0 Å². The highest BCUT2D eigenvalue weighted by Gasteiger charge is 2.09. The average molecular weight is 383 g/mol. The Kier molecular flexibility index (Phi) is 6.08. The first-order valence-electron chi connectivity index (χ1n) is 8.49. The average Bonchev–Trinajstić information content (AvgIpc) is 3.10. The number of hydrogen-bond acceptors (Lipinski definition) is 6. The number of nitrogens with one attached hydrogen (secondary N) is 1. The summed E-state index contributed by atoms with van der Waals surface area (Å²) in [6.07, 6.45) is 2.17. The Balaban J connectivity index is 1.57. The Bertz CT molecular complexity index is 921. The van der Waals surface area contributed by atoms with Crippen LogP contribution in [0.4, 0.5) is 5.69 Å². The summed E-state index contributed by atoms with van der Waals surface area (Å²) in [5, 5.41) is 15.2. The molecule has 0 aliphatic heterocycles. The maximum atomic E-state index is 12.2. The van der Waals surface area contributed by atoms with Crippen molar-refractivity contribution in [2.75, 3.05) is 18.2 Å². The summed E-state index contributed by atoms with van der Waals surface area (Å²) >= 11 is 1.45. The van der Waals surface area contributed by atoms with Gasteiger partial charge in [0.1, 0.15) is 5.75 Å². The zero-order valence-electron chi connectivity index (χ0n) is 15.5. The van der Waals surface area contributed by atoms with Crippen molar-refractivity contribution >= 4 is 23.4 Å².